The zero-order chi connectivity index (χ0) is 19.6. The quantitative estimate of drug-likeness (QED) is 0.388. The maximum atomic E-state index is 5.83. The first-order chi connectivity index (χ1) is 14.3. The highest BCUT2D eigenvalue weighted by molar-refractivity contribution is 6.29. The summed E-state index contributed by atoms with van der Waals surface area (Å²) in [5.74, 6) is 1.21. The average Bonchev–Trinajstić information content (AvgIpc) is 3.19. The molecule has 3 aromatic heterocycles. The molecule has 0 aliphatic rings. The molecule has 3 heterocycles. The van der Waals surface area contributed by atoms with Gasteiger partial charge in [-0.2, -0.15) is 0 Å². The largest absolute Gasteiger partial charge is 0.355 e. The van der Waals surface area contributed by atoms with Crippen LogP contribution in [-0.2, 0) is 0 Å². The van der Waals surface area contributed by atoms with Crippen molar-refractivity contribution < 1.29 is 4.52 Å². The molecule has 0 radical (unpaired) electrons. The van der Waals surface area contributed by atoms with Crippen LogP contribution in [0, 0.1) is 0 Å². The van der Waals surface area contributed by atoms with Gasteiger partial charge >= 0.3 is 0 Å². The van der Waals surface area contributed by atoms with E-state index in [1.165, 1.54) is 0 Å². The summed E-state index contributed by atoms with van der Waals surface area (Å²) in [5, 5.41) is 8.67. The molecular formula is C22H14ClN5O. The number of benzene rings is 2. The SMILES string of the molecule is Clc1ccc(Nc2nccc(-c3ccc4noc(-c5ccccc5)c4c3)n2)cn1. The predicted molar refractivity (Wildman–Crippen MR) is 113 cm³/mol. The van der Waals surface area contributed by atoms with Crippen molar-refractivity contribution in [2.45, 2.75) is 0 Å². The van der Waals surface area contributed by atoms with E-state index in [4.69, 9.17) is 16.1 Å². The number of fused-ring (bicyclic) bond motifs is 1. The predicted octanol–water partition coefficient (Wildman–Crippen LogP) is 5.74. The molecule has 0 bridgehead atoms. The van der Waals surface area contributed by atoms with Crippen molar-refractivity contribution in [2.75, 3.05) is 5.32 Å². The Morgan fingerprint density at radius 1 is 0.862 bits per heavy atom. The number of hydrogen-bond donors (Lipinski definition) is 1. The minimum atomic E-state index is 0.432. The molecule has 29 heavy (non-hydrogen) atoms. The van der Waals surface area contributed by atoms with Crippen LogP contribution >= 0.6 is 11.6 Å². The second-order valence-electron chi connectivity index (χ2n) is 6.37. The van der Waals surface area contributed by atoms with Crippen molar-refractivity contribution in [3.63, 3.8) is 0 Å². The lowest BCUT2D eigenvalue weighted by Gasteiger charge is -2.07. The van der Waals surface area contributed by atoms with Crippen LogP contribution in [0.2, 0.25) is 5.15 Å². The number of halogens is 1. The Kier molecular flexibility index (Phi) is 4.38. The zero-order valence-corrected chi connectivity index (χ0v) is 15.8. The van der Waals surface area contributed by atoms with Crippen LogP contribution in [0.25, 0.3) is 33.5 Å². The second-order valence-corrected chi connectivity index (χ2v) is 6.76. The lowest BCUT2D eigenvalue weighted by Crippen LogP contribution is -1.98. The minimum absolute atomic E-state index is 0.432. The van der Waals surface area contributed by atoms with Crippen molar-refractivity contribution in [3.8, 4) is 22.6 Å². The number of pyridine rings is 1. The Bertz CT molecular complexity index is 1290. The molecular weight excluding hydrogens is 386 g/mol. The van der Waals surface area contributed by atoms with Gasteiger partial charge in [0.1, 0.15) is 10.7 Å². The van der Waals surface area contributed by atoms with Crippen molar-refractivity contribution in [1.29, 1.82) is 0 Å². The Balaban J connectivity index is 1.51. The van der Waals surface area contributed by atoms with Gasteiger partial charge in [0.2, 0.25) is 5.95 Å². The van der Waals surface area contributed by atoms with Gasteiger partial charge in [0.05, 0.1) is 23.0 Å². The van der Waals surface area contributed by atoms with Gasteiger partial charge < -0.3 is 9.84 Å². The van der Waals surface area contributed by atoms with Crippen LogP contribution in [0.15, 0.2) is 83.6 Å². The molecule has 0 saturated heterocycles. The Morgan fingerprint density at radius 3 is 2.59 bits per heavy atom. The fourth-order valence-corrected chi connectivity index (χ4v) is 3.17. The topological polar surface area (TPSA) is 76.7 Å². The number of nitrogens with one attached hydrogen (secondary N) is 1. The lowest BCUT2D eigenvalue weighted by molar-refractivity contribution is 0.441. The smallest absolute Gasteiger partial charge is 0.227 e. The van der Waals surface area contributed by atoms with Gasteiger partial charge in [-0.05, 0) is 30.3 Å². The number of anilines is 2. The van der Waals surface area contributed by atoms with Crippen LogP contribution in [0.1, 0.15) is 0 Å². The van der Waals surface area contributed by atoms with Gasteiger partial charge in [0.25, 0.3) is 0 Å². The van der Waals surface area contributed by atoms with Crippen molar-refractivity contribution in [1.82, 2.24) is 20.1 Å². The fourth-order valence-electron chi connectivity index (χ4n) is 3.06. The van der Waals surface area contributed by atoms with Crippen molar-refractivity contribution in [2.24, 2.45) is 0 Å². The van der Waals surface area contributed by atoms with Gasteiger partial charge in [-0.25, -0.2) is 15.0 Å². The fraction of sp³-hybridized carbons (Fsp3) is 0. The van der Waals surface area contributed by atoms with E-state index < -0.39 is 0 Å². The van der Waals surface area contributed by atoms with E-state index in [1.54, 1.807) is 18.5 Å². The molecule has 5 aromatic rings. The molecule has 2 aromatic carbocycles. The molecule has 140 valence electrons. The summed E-state index contributed by atoms with van der Waals surface area (Å²) in [6.45, 7) is 0. The molecule has 5 rings (SSSR count). The van der Waals surface area contributed by atoms with E-state index in [-0.39, 0.29) is 0 Å². The normalized spacial score (nSPS) is 10.9. The molecule has 7 heteroatoms. The standard InChI is InChI=1S/C22H14ClN5O/c23-20-9-7-16(13-25-20)26-22-24-11-10-18(27-22)15-6-8-19-17(12-15)21(29-28-19)14-4-2-1-3-5-14/h1-13H,(H,24,26,27). The van der Waals surface area contributed by atoms with E-state index in [2.05, 4.69) is 25.4 Å². The molecule has 0 spiro atoms. The molecule has 0 aliphatic carbocycles. The maximum absolute atomic E-state index is 5.83. The third-order valence-electron chi connectivity index (χ3n) is 4.45. The molecule has 0 aliphatic heterocycles. The molecule has 1 N–H and O–H groups in total. The van der Waals surface area contributed by atoms with E-state index in [0.717, 1.165) is 39.2 Å². The van der Waals surface area contributed by atoms with Gasteiger partial charge in [-0.3, -0.25) is 0 Å². The van der Waals surface area contributed by atoms with Crippen LogP contribution < -0.4 is 5.32 Å². The third-order valence-corrected chi connectivity index (χ3v) is 4.67. The number of rotatable bonds is 4. The lowest BCUT2D eigenvalue weighted by atomic mass is 10.0. The Morgan fingerprint density at radius 2 is 1.76 bits per heavy atom. The van der Waals surface area contributed by atoms with E-state index in [1.807, 2.05) is 60.7 Å². The molecule has 0 atom stereocenters. The molecule has 0 unspecified atom stereocenters. The molecule has 0 saturated carbocycles. The highest BCUT2D eigenvalue weighted by Gasteiger charge is 2.12. The van der Waals surface area contributed by atoms with Crippen LogP contribution in [0.5, 0.6) is 0 Å². The van der Waals surface area contributed by atoms with E-state index in [0.29, 0.717) is 11.1 Å². The number of nitrogens with zero attached hydrogens (tertiary/aromatic N) is 4. The number of hydrogen-bond acceptors (Lipinski definition) is 6. The number of aromatic nitrogens is 4. The summed E-state index contributed by atoms with van der Waals surface area (Å²) in [6, 6.07) is 21.2. The van der Waals surface area contributed by atoms with Crippen molar-refractivity contribution >= 4 is 34.1 Å². The van der Waals surface area contributed by atoms with Gasteiger partial charge in [0, 0.05) is 17.3 Å². The van der Waals surface area contributed by atoms with Crippen LogP contribution in [0.4, 0.5) is 11.6 Å². The summed E-state index contributed by atoms with van der Waals surface area (Å²) in [4.78, 5) is 13.0. The highest BCUT2D eigenvalue weighted by atomic mass is 35.5. The van der Waals surface area contributed by atoms with Crippen molar-refractivity contribution in [3.05, 3.63) is 84.3 Å². The third kappa shape index (κ3) is 3.53. The molecule has 0 amide bonds. The summed E-state index contributed by atoms with van der Waals surface area (Å²) in [7, 11) is 0. The minimum Gasteiger partial charge on any atom is -0.355 e. The molecule has 0 fully saturated rings. The highest BCUT2D eigenvalue weighted by Crippen LogP contribution is 2.31. The summed E-state index contributed by atoms with van der Waals surface area (Å²) >= 11 is 5.83. The molecule has 6 nitrogen and oxygen atoms in total. The summed E-state index contributed by atoms with van der Waals surface area (Å²) in [6.07, 6.45) is 3.34. The first kappa shape index (κ1) is 17.3. The van der Waals surface area contributed by atoms with Gasteiger partial charge in [-0.1, -0.05) is 53.2 Å². The summed E-state index contributed by atoms with van der Waals surface area (Å²) < 4.78 is 5.59. The van der Waals surface area contributed by atoms with E-state index in [9.17, 15) is 0 Å². The van der Waals surface area contributed by atoms with Crippen LogP contribution in [-0.4, -0.2) is 20.1 Å². The van der Waals surface area contributed by atoms with Gasteiger partial charge in [0.15, 0.2) is 5.76 Å². The average molecular weight is 400 g/mol. The second kappa shape index (κ2) is 7.33. The first-order valence-electron chi connectivity index (χ1n) is 8.93. The maximum Gasteiger partial charge on any atom is 0.227 e. The Labute approximate surface area is 171 Å². The summed E-state index contributed by atoms with van der Waals surface area (Å²) in [5.41, 5.74) is 4.26. The first-order valence-corrected chi connectivity index (χ1v) is 9.31. The van der Waals surface area contributed by atoms with Crippen LogP contribution in [0.3, 0.4) is 0 Å². The Hall–Kier alpha value is -3.77. The van der Waals surface area contributed by atoms with E-state index >= 15 is 0 Å². The zero-order valence-electron chi connectivity index (χ0n) is 15.1. The monoisotopic (exact) mass is 399 g/mol. The van der Waals surface area contributed by atoms with Gasteiger partial charge in [-0.15, -0.1) is 0 Å².